The van der Waals surface area contributed by atoms with E-state index in [2.05, 4.69) is 5.32 Å². The molecular formula is C14H18N2O2S. The monoisotopic (exact) mass is 278 g/mol. The van der Waals surface area contributed by atoms with Crippen molar-refractivity contribution in [3.8, 4) is 0 Å². The first kappa shape index (κ1) is 13.8. The number of aliphatic hydroxyl groups excluding tert-OH is 1. The Hall–Kier alpha value is -1.59. The van der Waals surface area contributed by atoms with Crippen LogP contribution in [0.3, 0.4) is 0 Å². The van der Waals surface area contributed by atoms with Crippen molar-refractivity contribution in [3.05, 3.63) is 29.1 Å². The van der Waals surface area contributed by atoms with Crippen molar-refractivity contribution in [3.63, 3.8) is 0 Å². The molecule has 0 saturated heterocycles. The summed E-state index contributed by atoms with van der Waals surface area (Å²) in [6, 6.07) is 7.71. The molecule has 0 spiro atoms. The maximum absolute atomic E-state index is 12.2. The van der Waals surface area contributed by atoms with Crippen molar-refractivity contribution in [1.29, 1.82) is 0 Å². The smallest absolute Gasteiger partial charge is 0.263 e. The summed E-state index contributed by atoms with van der Waals surface area (Å²) in [6.45, 7) is 2.05. The number of carbonyl (C=O) groups excluding carboxylic acids is 1. The molecule has 0 aliphatic heterocycles. The third-order valence-corrected chi connectivity index (χ3v) is 4.33. The number of thiophene rings is 1. The Bertz CT molecular complexity index is 580. The summed E-state index contributed by atoms with van der Waals surface area (Å²) in [7, 11) is 0. The van der Waals surface area contributed by atoms with Crippen LogP contribution in [0, 0.1) is 0 Å². The average molecular weight is 278 g/mol. The first-order chi connectivity index (χ1) is 9.17. The van der Waals surface area contributed by atoms with Crippen LogP contribution in [0.2, 0.25) is 0 Å². The Labute approximate surface area is 116 Å². The summed E-state index contributed by atoms with van der Waals surface area (Å²) in [6.07, 6.45) is 1.35. The van der Waals surface area contributed by atoms with E-state index in [4.69, 9.17) is 10.8 Å². The van der Waals surface area contributed by atoms with E-state index >= 15 is 0 Å². The van der Waals surface area contributed by atoms with E-state index in [1.807, 2.05) is 31.2 Å². The van der Waals surface area contributed by atoms with E-state index in [1.54, 1.807) is 0 Å². The van der Waals surface area contributed by atoms with Crippen LogP contribution in [-0.4, -0.2) is 23.7 Å². The van der Waals surface area contributed by atoms with Gasteiger partial charge in [0, 0.05) is 22.7 Å². The molecule has 2 aromatic rings. The van der Waals surface area contributed by atoms with Gasteiger partial charge in [0.15, 0.2) is 0 Å². The standard InChI is InChI=1S/C14H18N2O2S/c1-2-9(7-8-17)16-14(18)13-12(15)10-5-3-4-6-11(10)19-13/h3-6,9,17H,2,7-8,15H2,1H3,(H,16,18). The molecule has 1 atom stereocenters. The molecule has 0 fully saturated rings. The molecule has 0 saturated carbocycles. The fourth-order valence-electron chi connectivity index (χ4n) is 2.02. The first-order valence-corrected chi connectivity index (χ1v) is 7.17. The molecule has 1 amide bonds. The zero-order valence-electron chi connectivity index (χ0n) is 10.8. The second-order valence-electron chi connectivity index (χ2n) is 4.43. The minimum absolute atomic E-state index is 0.0119. The van der Waals surface area contributed by atoms with Gasteiger partial charge >= 0.3 is 0 Å². The molecule has 0 radical (unpaired) electrons. The predicted octanol–water partition coefficient (Wildman–Crippen LogP) is 2.37. The Morgan fingerprint density at radius 1 is 1.47 bits per heavy atom. The third-order valence-electron chi connectivity index (χ3n) is 3.15. The highest BCUT2D eigenvalue weighted by atomic mass is 32.1. The molecule has 19 heavy (non-hydrogen) atoms. The van der Waals surface area contributed by atoms with Crippen LogP contribution in [-0.2, 0) is 0 Å². The second kappa shape index (κ2) is 6.04. The van der Waals surface area contributed by atoms with Crippen molar-refractivity contribution < 1.29 is 9.90 Å². The Morgan fingerprint density at radius 2 is 2.21 bits per heavy atom. The summed E-state index contributed by atoms with van der Waals surface area (Å²) in [4.78, 5) is 12.8. The quantitative estimate of drug-likeness (QED) is 0.786. The zero-order chi connectivity index (χ0) is 13.8. The van der Waals surface area contributed by atoms with Crippen LogP contribution in [0.4, 0.5) is 5.69 Å². The number of benzene rings is 1. The number of nitrogen functional groups attached to an aromatic ring is 1. The maximum Gasteiger partial charge on any atom is 0.263 e. The molecule has 4 N–H and O–H groups in total. The fraction of sp³-hybridized carbons (Fsp3) is 0.357. The van der Waals surface area contributed by atoms with Crippen molar-refractivity contribution in [1.82, 2.24) is 5.32 Å². The van der Waals surface area contributed by atoms with Gasteiger partial charge in [-0.1, -0.05) is 25.1 Å². The summed E-state index contributed by atoms with van der Waals surface area (Å²) in [5.41, 5.74) is 6.57. The van der Waals surface area contributed by atoms with E-state index in [0.29, 0.717) is 17.0 Å². The number of nitrogens with one attached hydrogen (secondary N) is 1. The summed E-state index contributed by atoms with van der Waals surface area (Å²) in [5, 5.41) is 12.8. The highest BCUT2D eigenvalue weighted by Gasteiger charge is 2.18. The van der Waals surface area contributed by atoms with Crippen LogP contribution in [0.5, 0.6) is 0 Å². The minimum atomic E-state index is -0.154. The van der Waals surface area contributed by atoms with Gasteiger partial charge in [-0.3, -0.25) is 4.79 Å². The largest absolute Gasteiger partial charge is 0.397 e. The number of carbonyl (C=O) groups is 1. The number of anilines is 1. The highest BCUT2D eigenvalue weighted by molar-refractivity contribution is 7.21. The SMILES string of the molecule is CCC(CCO)NC(=O)c1sc2ccccc2c1N. The Balaban J connectivity index is 2.24. The van der Waals surface area contributed by atoms with E-state index < -0.39 is 0 Å². The van der Waals surface area contributed by atoms with Gasteiger partial charge in [-0.05, 0) is 18.9 Å². The van der Waals surface area contributed by atoms with E-state index in [0.717, 1.165) is 16.5 Å². The highest BCUT2D eigenvalue weighted by Crippen LogP contribution is 2.33. The van der Waals surface area contributed by atoms with Crippen LogP contribution < -0.4 is 11.1 Å². The number of fused-ring (bicyclic) bond motifs is 1. The van der Waals surface area contributed by atoms with Gasteiger partial charge < -0.3 is 16.2 Å². The van der Waals surface area contributed by atoms with Gasteiger partial charge in [0.05, 0.1) is 5.69 Å². The molecule has 0 aliphatic carbocycles. The van der Waals surface area contributed by atoms with Crippen molar-refractivity contribution in [2.24, 2.45) is 0 Å². The predicted molar refractivity (Wildman–Crippen MR) is 79.5 cm³/mol. The number of hydrogen-bond donors (Lipinski definition) is 3. The normalized spacial score (nSPS) is 12.5. The number of amides is 1. The van der Waals surface area contributed by atoms with Gasteiger partial charge in [0.1, 0.15) is 4.88 Å². The minimum Gasteiger partial charge on any atom is -0.397 e. The van der Waals surface area contributed by atoms with Crippen molar-refractivity contribution in [2.45, 2.75) is 25.8 Å². The molecular weight excluding hydrogens is 260 g/mol. The van der Waals surface area contributed by atoms with Gasteiger partial charge in [-0.2, -0.15) is 0 Å². The third kappa shape index (κ3) is 2.88. The molecule has 5 heteroatoms. The molecule has 0 aliphatic rings. The van der Waals surface area contributed by atoms with E-state index in [9.17, 15) is 4.79 Å². The lowest BCUT2D eigenvalue weighted by Crippen LogP contribution is -2.34. The molecule has 2 rings (SSSR count). The van der Waals surface area contributed by atoms with E-state index in [1.165, 1.54) is 11.3 Å². The van der Waals surface area contributed by atoms with Crippen molar-refractivity contribution in [2.75, 3.05) is 12.3 Å². The number of nitrogens with two attached hydrogens (primary N) is 1. The van der Waals surface area contributed by atoms with Gasteiger partial charge in [-0.25, -0.2) is 0 Å². The second-order valence-corrected chi connectivity index (χ2v) is 5.48. The van der Waals surface area contributed by atoms with Gasteiger partial charge in [0.25, 0.3) is 5.91 Å². The summed E-state index contributed by atoms with van der Waals surface area (Å²) in [5.74, 6) is -0.154. The van der Waals surface area contributed by atoms with E-state index in [-0.39, 0.29) is 18.6 Å². The lowest BCUT2D eigenvalue weighted by atomic mass is 10.1. The number of hydrogen-bond acceptors (Lipinski definition) is 4. The molecule has 1 aromatic carbocycles. The maximum atomic E-state index is 12.2. The average Bonchev–Trinajstić information content (AvgIpc) is 2.76. The zero-order valence-corrected chi connectivity index (χ0v) is 11.7. The fourth-order valence-corrected chi connectivity index (χ4v) is 3.05. The molecule has 1 unspecified atom stereocenters. The van der Waals surface area contributed by atoms with Gasteiger partial charge in [-0.15, -0.1) is 11.3 Å². The molecule has 1 heterocycles. The van der Waals surface area contributed by atoms with Crippen molar-refractivity contribution >= 4 is 33.0 Å². The lowest BCUT2D eigenvalue weighted by Gasteiger charge is -2.15. The number of aliphatic hydroxyl groups is 1. The van der Waals surface area contributed by atoms with Crippen LogP contribution in [0.1, 0.15) is 29.4 Å². The Morgan fingerprint density at radius 3 is 2.84 bits per heavy atom. The Kier molecular flexibility index (Phi) is 4.39. The van der Waals surface area contributed by atoms with Crippen LogP contribution in [0.25, 0.3) is 10.1 Å². The summed E-state index contributed by atoms with van der Waals surface area (Å²) < 4.78 is 1.01. The molecule has 1 aromatic heterocycles. The molecule has 4 nitrogen and oxygen atoms in total. The van der Waals surface area contributed by atoms with Crippen LogP contribution in [0.15, 0.2) is 24.3 Å². The molecule has 102 valence electrons. The topological polar surface area (TPSA) is 75.3 Å². The van der Waals surface area contributed by atoms with Crippen LogP contribution >= 0.6 is 11.3 Å². The number of rotatable bonds is 5. The lowest BCUT2D eigenvalue weighted by molar-refractivity contribution is 0.0934. The first-order valence-electron chi connectivity index (χ1n) is 6.36. The van der Waals surface area contributed by atoms with Gasteiger partial charge in [0.2, 0.25) is 0 Å². The molecule has 0 bridgehead atoms. The summed E-state index contributed by atoms with van der Waals surface area (Å²) >= 11 is 1.40.